The molecule has 8 heteroatoms. The van der Waals surface area contributed by atoms with Gasteiger partial charge < -0.3 is 4.90 Å². The van der Waals surface area contributed by atoms with Crippen molar-refractivity contribution in [3.63, 3.8) is 0 Å². The molecule has 5 rings (SSSR count). The van der Waals surface area contributed by atoms with Gasteiger partial charge in [-0.25, -0.2) is 8.42 Å². The topological polar surface area (TPSA) is 60.9 Å². The van der Waals surface area contributed by atoms with E-state index in [9.17, 15) is 13.2 Å². The van der Waals surface area contributed by atoms with E-state index in [2.05, 4.69) is 35.2 Å². The van der Waals surface area contributed by atoms with Gasteiger partial charge in [0.2, 0.25) is 15.9 Å². The molecule has 2 heterocycles. The number of aryl methyl sites for hydroxylation is 2. The molecule has 3 fully saturated rings. The normalized spacial score (nSPS) is 25.3. The van der Waals surface area contributed by atoms with E-state index in [1.165, 1.54) is 57.2 Å². The van der Waals surface area contributed by atoms with Crippen molar-refractivity contribution in [3.8, 4) is 0 Å². The number of amides is 1. The molecule has 1 atom stereocenters. The Bertz CT molecular complexity index is 1370. The van der Waals surface area contributed by atoms with Crippen LogP contribution >= 0.6 is 11.6 Å². The fraction of sp³-hybridized carbons (Fsp3) is 0.639. The van der Waals surface area contributed by atoms with E-state index in [-0.39, 0.29) is 17.5 Å². The summed E-state index contributed by atoms with van der Waals surface area (Å²) in [5.41, 5.74) is 3.12. The summed E-state index contributed by atoms with van der Waals surface area (Å²) in [5, 5.41) is 0.580. The molecule has 3 aliphatic rings. The molecule has 1 unspecified atom stereocenters. The lowest BCUT2D eigenvalue weighted by atomic mass is 9.70. The maximum absolute atomic E-state index is 13.7. The lowest BCUT2D eigenvalue weighted by molar-refractivity contribution is -0.130. The van der Waals surface area contributed by atoms with E-state index in [1.54, 1.807) is 23.4 Å². The summed E-state index contributed by atoms with van der Waals surface area (Å²) in [7, 11) is -1.75. The maximum Gasteiger partial charge on any atom is 0.243 e. The van der Waals surface area contributed by atoms with Crippen molar-refractivity contribution in [2.75, 3.05) is 33.2 Å². The standard InChI is InChI=1S/C36H52ClN3O3S/c1-28-27-34(29(2)26-33(28)37)44(42,43)40-25-8-7-15-32(40)16-17-35(41)38(3)22-11-12-30-18-20-36(21-19-30,39-23-9-10-24-39)31-13-5-4-6-14-31/h4-6,13-14,26-27,30,32H,7-12,15-25H2,1-3H3. The van der Waals surface area contributed by atoms with Crippen molar-refractivity contribution in [3.05, 3.63) is 64.2 Å². The fourth-order valence-corrected chi connectivity index (χ4v) is 10.3. The van der Waals surface area contributed by atoms with Crippen LogP contribution in [0.3, 0.4) is 0 Å². The summed E-state index contributed by atoms with van der Waals surface area (Å²) in [6.07, 6.45) is 13.4. The number of nitrogens with zero attached hydrogens (tertiary/aromatic N) is 3. The van der Waals surface area contributed by atoms with Gasteiger partial charge in [0.15, 0.2) is 0 Å². The van der Waals surface area contributed by atoms with Crippen LogP contribution in [0.1, 0.15) is 100 Å². The van der Waals surface area contributed by atoms with Gasteiger partial charge >= 0.3 is 0 Å². The third-order valence-electron chi connectivity index (χ3n) is 10.8. The van der Waals surface area contributed by atoms with Crippen LogP contribution in [0.25, 0.3) is 0 Å². The number of rotatable bonds is 11. The minimum atomic E-state index is -3.66. The highest BCUT2D eigenvalue weighted by Gasteiger charge is 2.42. The van der Waals surface area contributed by atoms with Gasteiger partial charge in [0.05, 0.1) is 4.90 Å². The van der Waals surface area contributed by atoms with E-state index >= 15 is 0 Å². The number of piperidine rings is 1. The van der Waals surface area contributed by atoms with Gasteiger partial charge in [0, 0.05) is 43.2 Å². The Morgan fingerprint density at radius 1 is 0.932 bits per heavy atom. The number of halogens is 1. The highest BCUT2D eigenvalue weighted by Crippen LogP contribution is 2.46. The predicted octanol–water partition coefficient (Wildman–Crippen LogP) is 7.70. The van der Waals surface area contributed by atoms with Gasteiger partial charge in [-0.05, 0) is 132 Å². The Labute approximate surface area is 271 Å². The van der Waals surface area contributed by atoms with E-state index in [1.807, 2.05) is 18.9 Å². The lowest BCUT2D eigenvalue weighted by Gasteiger charge is -2.47. The molecular weight excluding hydrogens is 590 g/mol. The van der Waals surface area contributed by atoms with Crippen LogP contribution in [-0.2, 0) is 20.4 Å². The quantitative estimate of drug-likeness (QED) is 0.252. The number of hydrogen-bond donors (Lipinski definition) is 0. The van der Waals surface area contributed by atoms with Crippen molar-refractivity contribution in [2.24, 2.45) is 5.92 Å². The SMILES string of the molecule is Cc1cc(S(=O)(=O)N2CCCCC2CCC(=O)N(C)CCCC2CCC(c3ccccc3)(N3CCCC3)CC2)c(C)cc1Cl. The molecule has 2 aliphatic heterocycles. The van der Waals surface area contributed by atoms with Gasteiger partial charge in [0.25, 0.3) is 0 Å². The van der Waals surface area contributed by atoms with E-state index in [4.69, 9.17) is 11.6 Å². The monoisotopic (exact) mass is 641 g/mol. The third kappa shape index (κ3) is 7.37. The minimum absolute atomic E-state index is 0.118. The maximum atomic E-state index is 13.7. The average Bonchev–Trinajstić information content (AvgIpc) is 3.58. The molecule has 0 aromatic heterocycles. The molecule has 2 saturated heterocycles. The van der Waals surface area contributed by atoms with Gasteiger partial charge in [-0.15, -0.1) is 0 Å². The Balaban J connectivity index is 1.10. The number of carbonyl (C=O) groups excluding carboxylic acids is 1. The molecule has 2 aromatic rings. The third-order valence-corrected chi connectivity index (χ3v) is 13.3. The van der Waals surface area contributed by atoms with Crippen molar-refractivity contribution < 1.29 is 13.2 Å². The van der Waals surface area contributed by atoms with Crippen LogP contribution in [0, 0.1) is 19.8 Å². The molecule has 6 nitrogen and oxygen atoms in total. The second-order valence-electron chi connectivity index (χ2n) is 13.7. The number of hydrogen-bond acceptors (Lipinski definition) is 4. The molecule has 1 amide bonds. The van der Waals surface area contributed by atoms with E-state index in [0.29, 0.717) is 34.9 Å². The highest BCUT2D eigenvalue weighted by atomic mass is 35.5. The van der Waals surface area contributed by atoms with Crippen LogP contribution in [0.2, 0.25) is 5.02 Å². The Morgan fingerprint density at radius 2 is 1.61 bits per heavy atom. The largest absolute Gasteiger partial charge is 0.346 e. The zero-order valence-corrected chi connectivity index (χ0v) is 28.6. The fourth-order valence-electron chi connectivity index (χ4n) is 8.09. The Kier molecular flexibility index (Phi) is 11.1. The molecule has 242 valence electrons. The molecule has 0 spiro atoms. The van der Waals surface area contributed by atoms with Gasteiger partial charge in [-0.1, -0.05) is 48.4 Å². The van der Waals surface area contributed by atoms with E-state index < -0.39 is 10.0 Å². The highest BCUT2D eigenvalue weighted by molar-refractivity contribution is 7.89. The smallest absolute Gasteiger partial charge is 0.243 e. The summed E-state index contributed by atoms with van der Waals surface area (Å²) in [4.78, 5) is 18.1. The number of benzene rings is 2. The van der Waals surface area contributed by atoms with Gasteiger partial charge in [-0.3, -0.25) is 9.69 Å². The predicted molar refractivity (Wildman–Crippen MR) is 179 cm³/mol. The van der Waals surface area contributed by atoms with Crippen molar-refractivity contribution in [2.45, 2.75) is 114 Å². The first kappa shape index (κ1) is 33.4. The number of sulfonamides is 1. The average molecular weight is 642 g/mol. The first-order chi connectivity index (χ1) is 21.1. The van der Waals surface area contributed by atoms with Crippen LogP contribution in [0.15, 0.2) is 47.4 Å². The zero-order valence-electron chi connectivity index (χ0n) is 27.1. The van der Waals surface area contributed by atoms with E-state index in [0.717, 1.165) is 50.1 Å². The molecule has 2 aromatic carbocycles. The zero-order chi connectivity index (χ0) is 31.3. The molecule has 0 radical (unpaired) electrons. The van der Waals surface area contributed by atoms with Gasteiger partial charge in [-0.2, -0.15) is 4.31 Å². The van der Waals surface area contributed by atoms with Crippen molar-refractivity contribution >= 4 is 27.5 Å². The van der Waals surface area contributed by atoms with Crippen LogP contribution in [-0.4, -0.2) is 67.7 Å². The summed E-state index contributed by atoms with van der Waals surface area (Å²) >= 11 is 6.25. The number of likely N-dealkylation sites (tertiary alicyclic amines) is 1. The van der Waals surface area contributed by atoms with Crippen molar-refractivity contribution in [1.29, 1.82) is 0 Å². The summed E-state index contributed by atoms with van der Waals surface area (Å²) < 4.78 is 29.1. The molecular formula is C36H52ClN3O3S. The lowest BCUT2D eigenvalue weighted by Crippen LogP contribution is -2.47. The first-order valence-corrected chi connectivity index (χ1v) is 18.8. The summed E-state index contributed by atoms with van der Waals surface area (Å²) in [6.45, 7) is 7.35. The first-order valence-electron chi connectivity index (χ1n) is 16.9. The number of carbonyl (C=O) groups is 1. The van der Waals surface area contributed by atoms with Crippen LogP contribution < -0.4 is 0 Å². The second kappa shape index (κ2) is 14.7. The second-order valence-corrected chi connectivity index (χ2v) is 15.9. The minimum Gasteiger partial charge on any atom is -0.346 e. The van der Waals surface area contributed by atoms with Crippen LogP contribution in [0.5, 0.6) is 0 Å². The Hall–Kier alpha value is -1.93. The molecule has 1 saturated carbocycles. The summed E-state index contributed by atoms with van der Waals surface area (Å²) in [6, 6.07) is 14.5. The molecule has 44 heavy (non-hydrogen) atoms. The summed E-state index contributed by atoms with van der Waals surface area (Å²) in [5.74, 6) is 0.839. The molecule has 1 aliphatic carbocycles. The van der Waals surface area contributed by atoms with Crippen LogP contribution in [0.4, 0.5) is 0 Å². The van der Waals surface area contributed by atoms with Gasteiger partial charge in [0.1, 0.15) is 0 Å². The Morgan fingerprint density at radius 3 is 2.32 bits per heavy atom. The molecule has 0 bridgehead atoms. The molecule has 0 N–H and O–H groups in total. The van der Waals surface area contributed by atoms with Crippen molar-refractivity contribution in [1.82, 2.24) is 14.1 Å².